The van der Waals surface area contributed by atoms with E-state index >= 15 is 0 Å². The van der Waals surface area contributed by atoms with E-state index in [1.165, 1.54) is 24.3 Å². The van der Waals surface area contributed by atoms with Gasteiger partial charge >= 0.3 is 5.12 Å². The topological polar surface area (TPSA) is 155 Å². The fourth-order valence-corrected chi connectivity index (χ4v) is 3.49. The number of hydrogen-bond donors (Lipinski definition) is 4. The molecule has 0 amide bonds. The zero-order chi connectivity index (χ0) is 17.5. The van der Waals surface area contributed by atoms with Gasteiger partial charge in [0.05, 0.1) is 11.5 Å². The van der Waals surface area contributed by atoms with E-state index in [0.717, 1.165) is 11.8 Å². The van der Waals surface area contributed by atoms with Crippen LogP contribution in [0, 0.1) is 10.1 Å². The summed E-state index contributed by atoms with van der Waals surface area (Å²) >= 11 is 0.838. The highest BCUT2D eigenvalue weighted by Crippen LogP contribution is 2.45. The van der Waals surface area contributed by atoms with Crippen LogP contribution in [0.25, 0.3) is 0 Å². The average molecular weight is 358 g/mol. The molecule has 0 bridgehead atoms. The molecule has 1 saturated heterocycles. The van der Waals surface area contributed by atoms with Crippen LogP contribution >= 0.6 is 11.8 Å². The molecule has 3 rings (SSSR count). The van der Waals surface area contributed by atoms with Crippen molar-refractivity contribution in [3.05, 3.63) is 39.9 Å². The number of oxime groups is 1. The zero-order valence-corrected chi connectivity index (χ0v) is 12.9. The van der Waals surface area contributed by atoms with Crippen LogP contribution < -0.4 is 0 Å². The first-order valence-corrected chi connectivity index (χ1v) is 7.72. The lowest BCUT2D eigenvalue weighted by Gasteiger charge is -2.43. The number of nitro groups is 1. The van der Waals surface area contributed by atoms with Crippen LogP contribution in [0.3, 0.4) is 0 Å². The largest absolute Gasteiger partial charge is 0.394 e. The van der Waals surface area contributed by atoms with Gasteiger partial charge in [0.25, 0.3) is 5.69 Å². The zero-order valence-electron chi connectivity index (χ0n) is 12.1. The van der Waals surface area contributed by atoms with Gasteiger partial charge in [-0.1, -0.05) is 5.16 Å². The van der Waals surface area contributed by atoms with Crippen LogP contribution in [-0.2, 0) is 9.57 Å². The maximum absolute atomic E-state index is 10.7. The minimum absolute atomic E-state index is 0.0918. The number of non-ortho nitro benzene ring substituents is 1. The molecule has 0 saturated carbocycles. The van der Waals surface area contributed by atoms with Crippen molar-refractivity contribution in [3.63, 3.8) is 0 Å². The van der Waals surface area contributed by atoms with Gasteiger partial charge in [-0.3, -0.25) is 10.1 Å². The van der Waals surface area contributed by atoms with Crippen molar-refractivity contribution in [2.75, 3.05) is 6.61 Å². The van der Waals surface area contributed by atoms with Crippen LogP contribution in [0.4, 0.5) is 5.69 Å². The first-order valence-electron chi connectivity index (χ1n) is 6.91. The Labute approximate surface area is 139 Å². The van der Waals surface area contributed by atoms with E-state index in [-0.39, 0.29) is 10.7 Å². The van der Waals surface area contributed by atoms with Crippen LogP contribution in [0.15, 0.2) is 29.4 Å². The molecule has 2 aliphatic rings. The van der Waals surface area contributed by atoms with Gasteiger partial charge < -0.3 is 30.0 Å². The summed E-state index contributed by atoms with van der Waals surface area (Å²) in [5.41, 5.74) is 0.394. The smallest absolute Gasteiger partial charge is 0.320 e. The van der Waals surface area contributed by atoms with Crippen molar-refractivity contribution in [1.82, 2.24) is 0 Å². The van der Waals surface area contributed by atoms with Crippen molar-refractivity contribution >= 4 is 22.5 Å². The molecule has 10 nitrogen and oxygen atoms in total. The van der Waals surface area contributed by atoms with Crippen molar-refractivity contribution in [1.29, 1.82) is 0 Å². The summed E-state index contributed by atoms with van der Waals surface area (Å²) in [6.45, 7) is -0.594. The number of aliphatic hydroxyl groups is 4. The van der Waals surface area contributed by atoms with Gasteiger partial charge in [0.2, 0.25) is 0 Å². The van der Waals surface area contributed by atoms with Crippen molar-refractivity contribution in [2.45, 2.75) is 29.5 Å². The summed E-state index contributed by atoms with van der Waals surface area (Å²) in [5.74, 6) is 0. The molecule has 0 aromatic heterocycles. The number of nitrogens with zero attached hydrogens (tertiary/aromatic N) is 2. The number of benzene rings is 1. The maximum Gasteiger partial charge on any atom is 0.320 e. The average Bonchev–Trinajstić information content (AvgIpc) is 3.02. The van der Waals surface area contributed by atoms with E-state index in [4.69, 9.17) is 9.57 Å². The third-order valence-corrected chi connectivity index (χ3v) is 4.93. The number of ether oxygens (including phenoxy) is 1. The third kappa shape index (κ3) is 2.75. The molecule has 5 atom stereocenters. The second-order valence-electron chi connectivity index (χ2n) is 5.26. The fourth-order valence-electron chi connectivity index (χ4n) is 2.39. The van der Waals surface area contributed by atoms with Gasteiger partial charge in [0.15, 0.2) is 6.10 Å². The molecule has 2 heterocycles. The monoisotopic (exact) mass is 358 g/mol. The minimum Gasteiger partial charge on any atom is -0.394 e. The van der Waals surface area contributed by atoms with E-state index in [0.29, 0.717) is 5.56 Å². The van der Waals surface area contributed by atoms with Gasteiger partial charge in [-0.15, -0.1) is 0 Å². The molecule has 1 aromatic rings. The SMILES string of the molecule is O=[N+]([O-])c1ccc(C2=NOC3(OC(CO)C(O)C(O)C3O)S2)cc1. The minimum atomic E-state index is -1.82. The normalized spacial score (nSPS) is 35.6. The molecule has 5 unspecified atom stereocenters. The van der Waals surface area contributed by atoms with E-state index in [2.05, 4.69) is 5.16 Å². The van der Waals surface area contributed by atoms with Crippen LogP contribution in [0.5, 0.6) is 0 Å². The molecule has 1 fully saturated rings. The molecule has 4 N–H and O–H groups in total. The molecule has 0 radical (unpaired) electrons. The quantitative estimate of drug-likeness (QED) is 0.399. The Bertz CT molecular complexity index is 666. The summed E-state index contributed by atoms with van der Waals surface area (Å²) in [6, 6.07) is 5.49. The first kappa shape index (κ1) is 17.1. The standard InChI is InChI=1S/C13H14N2O8S/c16-5-8-9(17)10(18)11(19)13(22-8)23-14-12(24-13)6-1-3-7(4-2-6)15(20)21/h1-4,8-11,16-19H,5H2. The summed E-state index contributed by atoms with van der Waals surface area (Å²) in [6.07, 6.45) is -5.88. The molecule has 0 aliphatic carbocycles. The van der Waals surface area contributed by atoms with Crippen molar-refractivity contribution in [2.24, 2.45) is 5.16 Å². The lowest BCUT2D eigenvalue weighted by Crippen LogP contribution is -2.63. The molecule has 1 spiro atoms. The number of rotatable bonds is 3. The number of aliphatic hydroxyl groups excluding tert-OH is 4. The molecule has 11 heteroatoms. The van der Waals surface area contributed by atoms with Crippen LogP contribution in [0.1, 0.15) is 5.56 Å². The van der Waals surface area contributed by atoms with Crippen molar-refractivity contribution < 1.29 is 34.9 Å². The summed E-state index contributed by atoms with van der Waals surface area (Å²) in [4.78, 5) is 15.3. The predicted molar refractivity (Wildman–Crippen MR) is 81.0 cm³/mol. The third-order valence-electron chi connectivity index (χ3n) is 3.73. The molecule has 130 valence electrons. The van der Waals surface area contributed by atoms with Gasteiger partial charge in [-0.05, 0) is 23.9 Å². The molecular weight excluding hydrogens is 344 g/mol. The Morgan fingerprint density at radius 1 is 1.25 bits per heavy atom. The van der Waals surface area contributed by atoms with Crippen LogP contribution in [-0.4, -0.2) is 66.5 Å². The van der Waals surface area contributed by atoms with Crippen molar-refractivity contribution in [3.8, 4) is 0 Å². The van der Waals surface area contributed by atoms with Crippen LogP contribution in [0.2, 0.25) is 0 Å². The van der Waals surface area contributed by atoms with E-state index < -0.39 is 41.1 Å². The highest BCUT2D eigenvalue weighted by atomic mass is 32.2. The highest BCUT2D eigenvalue weighted by Gasteiger charge is 2.59. The summed E-state index contributed by atoms with van der Waals surface area (Å²) in [5, 5.41) is 52.0. The highest BCUT2D eigenvalue weighted by molar-refractivity contribution is 8.15. The second-order valence-corrected chi connectivity index (χ2v) is 6.42. The summed E-state index contributed by atoms with van der Waals surface area (Å²) in [7, 11) is 0. The van der Waals surface area contributed by atoms with Gasteiger partial charge in [-0.25, -0.2) is 0 Å². The van der Waals surface area contributed by atoms with Gasteiger partial charge in [-0.2, -0.15) is 0 Å². The molecule has 2 aliphatic heterocycles. The van der Waals surface area contributed by atoms with Gasteiger partial charge in [0.1, 0.15) is 23.4 Å². The molecule has 24 heavy (non-hydrogen) atoms. The fraction of sp³-hybridized carbons (Fsp3) is 0.462. The number of nitro benzene ring substituents is 1. The number of thioether (sulfide) groups is 1. The van der Waals surface area contributed by atoms with Gasteiger partial charge in [0, 0.05) is 17.7 Å². The van der Waals surface area contributed by atoms with E-state index in [1.54, 1.807) is 0 Å². The predicted octanol–water partition coefficient (Wildman–Crippen LogP) is -0.853. The first-order chi connectivity index (χ1) is 11.4. The Kier molecular flexibility index (Phi) is 4.46. The Morgan fingerprint density at radius 2 is 1.92 bits per heavy atom. The lowest BCUT2D eigenvalue weighted by molar-refractivity contribution is -0.384. The molecular formula is C13H14N2O8S. The Morgan fingerprint density at radius 3 is 2.50 bits per heavy atom. The Hall–Kier alpha value is -1.76. The lowest BCUT2D eigenvalue weighted by atomic mass is 9.99. The summed E-state index contributed by atoms with van der Waals surface area (Å²) < 4.78 is 5.40. The van der Waals surface area contributed by atoms with E-state index in [1.807, 2.05) is 0 Å². The maximum atomic E-state index is 10.7. The molecule has 1 aromatic carbocycles. The second kappa shape index (κ2) is 6.27. The van der Waals surface area contributed by atoms with E-state index in [9.17, 15) is 30.5 Å². The number of hydrogen-bond acceptors (Lipinski definition) is 10. The Balaban J connectivity index is 1.81.